The summed E-state index contributed by atoms with van der Waals surface area (Å²) in [6, 6.07) is 9.73. The second-order valence-corrected chi connectivity index (χ2v) is 4.61. The topological polar surface area (TPSA) is 56.1 Å². The fourth-order valence-corrected chi connectivity index (χ4v) is 1.98. The van der Waals surface area contributed by atoms with Crippen LogP contribution in [0.25, 0.3) is 0 Å². The lowest BCUT2D eigenvalue weighted by atomic mass is 10.1. The number of hydrogen-bond acceptors (Lipinski definition) is 3. The van der Waals surface area contributed by atoms with E-state index in [-0.39, 0.29) is 11.5 Å². The van der Waals surface area contributed by atoms with Crippen LogP contribution in [0.3, 0.4) is 0 Å². The molecular weight excluding hydrogens is 274 g/mol. The minimum atomic E-state index is -0.344. The van der Waals surface area contributed by atoms with Crippen molar-refractivity contribution in [1.82, 2.24) is 4.90 Å². The van der Waals surface area contributed by atoms with Gasteiger partial charge in [0.2, 0.25) is 0 Å². The fourth-order valence-electron chi connectivity index (χ4n) is 1.98. The zero-order valence-electron chi connectivity index (χ0n) is 12.9. The van der Waals surface area contributed by atoms with E-state index < -0.39 is 0 Å². The summed E-state index contributed by atoms with van der Waals surface area (Å²) in [5, 5.41) is 12.3. The van der Waals surface area contributed by atoms with Crippen molar-refractivity contribution in [2.24, 2.45) is 0 Å². The van der Waals surface area contributed by atoms with Crippen molar-refractivity contribution in [3.63, 3.8) is 0 Å². The van der Waals surface area contributed by atoms with Crippen LogP contribution in [-0.4, -0.2) is 23.9 Å². The van der Waals surface area contributed by atoms with Gasteiger partial charge in [0.25, 0.3) is 5.91 Å². The molecule has 0 unspecified atom stereocenters. The predicted octanol–water partition coefficient (Wildman–Crippen LogP) is 3.27. The van der Waals surface area contributed by atoms with Gasteiger partial charge in [-0.15, -0.1) is 13.2 Å². The van der Waals surface area contributed by atoms with Crippen LogP contribution in [0.1, 0.15) is 12.5 Å². The van der Waals surface area contributed by atoms with Crippen LogP contribution in [0.15, 0.2) is 61.3 Å². The van der Waals surface area contributed by atoms with E-state index >= 15 is 0 Å². The summed E-state index contributed by atoms with van der Waals surface area (Å²) in [4.78, 5) is 13.8. The van der Waals surface area contributed by atoms with Crippen LogP contribution in [0.5, 0.6) is 0 Å². The first-order valence-electron chi connectivity index (χ1n) is 7.13. The number of hydrogen-bond donors (Lipinski definition) is 1. The minimum absolute atomic E-state index is 0.0506. The molecule has 0 bridgehead atoms. The molecule has 0 spiro atoms. The largest absolute Gasteiger partial charge is 0.360 e. The molecule has 1 aromatic carbocycles. The summed E-state index contributed by atoms with van der Waals surface area (Å²) in [5.41, 5.74) is 2.07. The SMILES string of the molecule is C=CCN(CC=C)C(=O)/C(C#N)=C\Nc1ccccc1CC. The van der Waals surface area contributed by atoms with Crippen molar-refractivity contribution in [3.8, 4) is 6.07 Å². The first-order valence-corrected chi connectivity index (χ1v) is 7.13. The maximum Gasteiger partial charge on any atom is 0.266 e. The molecule has 0 saturated heterocycles. The number of amides is 1. The molecule has 0 aliphatic rings. The molecule has 1 amide bonds. The fraction of sp³-hybridized carbons (Fsp3) is 0.222. The highest BCUT2D eigenvalue weighted by atomic mass is 16.2. The number of carbonyl (C=O) groups excluding carboxylic acids is 1. The van der Waals surface area contributed by atoms with Crippen molar-refractivity contribution in [3.05, 3.63) is 66.9 Å². The van der Waals surface area contributed by atoms with Gasteiger partial charge in [-0.2, -0.15) is 5.26 Å². The highest BCUT2D eigenvalue weighted by Crippen LogP contribution is 2.16. The van der Waals surface area contributed by atoms with Gasteiger partial charge >= 0.3 is 0 Å². The summed E-state index contributed by atoms with van der Waals surface area (Å²) in [6.07, 6.45) is 5.56. The standard InChI is InChI=1S/C18H21N3O/c1-4-11-21(12-5-2)18(22)16(13-19)14-20-17-10-8-7-9-15(17)6-3/h4-5,7-10,14,20H,1-2,6,11-12H2,3H3/b16-14-. The molecule has 1 N–H and O–H groups in total. The molecule has 0 radical (unpaired) electrons. The Balaban J connectivity index is 2.94. The van der Waals surface area contributed by atoms with E-state index in [0.29, 0.717) is 13.1 Å². The Labute approximate surface area is 132 Å². The molecule has 0 atom stereocenters. The monoisotopic (exact) mass is 295 g/mol. The zero-order valence-corrected chi connectivity index (χ0v) is 12.9. The second-order valence-electron chi connectivity index (χ2n) is 4.61. The van der Waals surface area contributed by atoms with Crippen molar-refractivity contribution in [1.29, 1.82) is 5.26 Å². The Bertz CT molecular complexity index is 601. The minimum Gasteiger partial charge on any atom is -0.360 e. The van der Waals surface area contributed by atoms with E-state index in [1.54, 1.807) is 12.2 Å². The van der Waals surface area contributed by atoms with Crippen molar-refractivity contribution in [2.75, 3.05) is 18.4 Å². The van der Waals surface area contributed by atoms with E-state index in [0.717, 1.165) is 17.7 Å². The Morgan fingerprint density at radius 1 is 1.32 bits per heavy atom. The molecule has 4 heteroatoms. The predicted molar refractivity (Wildman–Crippen MR) is 90.1 cm³/mol. The number of benzene rings is 1. The number of nitrogens with one attached hydrogen (secondary N) is 1. The Kier molecular flexibility index (Phi) is 7.21. The average Bonchev–Trinajstić information content (AvgIpc) is 2.55. The lowest BCUT2D eigenvalue weighted by Gasteiger charge is -2.18. The van der Waals surface area contributed by atoms with E-state index in [9.17, 15) is 10.1 Å². The summed E-state index contributed by atoms with van der Waals surface area (Å²) < 4.78 is 0. The normalized spacial score (nSPS) is 10.5. The van der Waals surface area contributed by atoms with Gasteiger partial charge < -0.3 is 10.2 Å². The Hall–Kier alpha value is -2.80. The van der Waals surface area contributed by atoms with Crippen molar-refractivity contribution >= 4 is 11.6 Å². The number of nitriles is 1. The van der Waals surface area contributed by atoms with Gasteiger partial charge in [-0.05, 0) is 18.1 Å². The average molecular weight is 295 g/mol. The van der Waals surface area contributed by atoms with E-state index in [2.05, 4.69) is 25.4 Å². The molecule has 1 aromatic rings. The molecule has 0 aromatic heterocycles. The van der Waals surface area contributed by atoms with Gasteiger partial charge in [0, 0.05) is 25.0 Å². The highest BCUT2D eigenvalue weighted by Gasteiger charge is 2.16. The molecule has 114 valence electrons. The maximum absolute atomic E-state index is 12.3. The highest BCUT2D eigenvalue weighted by molar-refractivity contribution is 5.97. The van der Waals surface area contributed by atoms with Gasteiger partial charge in [0.05, 0.1) is 0 Å². The summed E-state index contributed by atoms with van der Waals surface area (Å²) >= 11 is 0. The molecular formula is C18H21N3O. The maximum atomic E-state index is 12.3. The van der Waals surface area contributed by atoms with Crippen LogP contribution in [-0.2, 0) is 11.2 Å². The number of nitrogens with zero attached hydrogens (tertiary/aromatic N) is 2. The zero-order chi connectivity index (χ0) is 16.4. The quantitative estimate of drug-likeness (QED) is 0.455. The van der Waals surface area contributed by atoms with Gasteiger partial charge in [-0.25, -0.2) is 0 Å². The van der Waals surface area contributed by atoms with Gasteiger partial charge in [-0.3, -0.25) is 4.79 Å². The summed E-state index contributed by atoms with van der Waals surface area (Å²) in [7, 11) is 0. The van der Waals surface area contributed by atoms with Gasteiger partial charge in [0.1, 0.15) is 11.6 Å². The third-order valence-corrected chi connectivity index (χ3v) is 3.11. The van der Waals surface area contributed by atoms with Gasteiger partial charge in [-0.1, -0.05) is 37.3 Å². The third-order valence-electron chi connectivity index (χ3n) is 3.11. The number of para-hydroxylation sites is 1. The summed E-state index contributed by atoms with van der Waals surface area (Å²) in [6.45, 7) is 10.0. The molecule has 0 aliphatic carbocycles. The van der Waals surface area contributed by atoms with Crippen LogP contribution in [0, 0.1) is 11.3 Å². The van der Waals surface area contributed by atoms with Gasteiger partial charge in [0.15, 0.2) is 0 Å². The van der Waals surface area contributed by atoms with Crippen LogP contribution in [0.2, 0.25) is 0 Å². The molecule has 0 aliphatic heterocycles. The molecule has 1 rings (SSSR count). The Morgan fingerprint density at radius 2 is 1.95 bits per heavy atom. The molecule has 0 saturated carbocycles. The summed E-state index contributed by atoms with van der Waals surface area (Å²) in [5.74, 6) is -0.344. The number of aryl methyl sites for hydroxylation is 1. The smallest absolute Gasteiger partial charge is 0.266 e. The van der Waals surface area contributed by atoms with Crippen LogP contribution >= 0.6 is 0 Å². The first kappa shape index (κ1) is 17.3. The van der Waals surface area contributed by atoms with Crippen molar-refractivity contribution in [2.45, 2.75) is 13.3 Å². The molecule has 22 heavy (non-hydrogen) atoms. The Morgan fingerprint density at radius 3 is 2.50 bits per heavy atom. The van der Waals surface area contributed by atoms with E-state index in [1.165, 1.54) is 11.1 Å². The van der Waals surface area contributed by atoms with E-state index in [4.69, 9.17) is 0 Å². The molecule has 0 heterocycles. The number of carbonyl (C=O) groups is 1. The van der Waals surface area contributed by atoms with Crippen LogP contribution < -0.4 is 5.32 Å². The number of anilines is 1. The second kappa shape index (κ2) is 9.19. The third kappa shape index (κ3) is 4.64. The molecule has 0 fully saturated rings. The first-order chi connectivity index (χ1) is 10.7. The lowest BCUT2D eigenvalue weighted by molar-refractivity contribution is -0.125. The van der Waals surface area contributed by atoms with Crippen LogP contribution in [0.4, 0.5) is 5.69 Å². The van der Waals surface area contributed by atoms with Crippen molar-refractivity contribution < 1.29 is 4.79 Å². The molecule has 4 nitrogen and oxygen atoms in total. The number of rotatable bonds is 8. The van der Waals surface area contributed by atoms with E-state index in [1.807, 2.05) is 30.3 Å². The lowest BCUT2D eigenvalue weighted by Crippen LogP contribution is -2.32.